The Morgan fingerprint density at radius 1 is 0.933 bits per heavy atom. The predicted molar refractivity (Wildman–Crippen MR) is 126 cm³/mol. The van der Waals surface area contributed by atoms with Crippen LogP contribution in [0.4, 0.5) is 4.39 Å². The first kappa shape index (κ1) is 20.6. The number of nitrogens with zero attached hydrogens (tertiary/aromatic N) is 1. The van der Waals surface area contributed by atoms with Gasteiger partial charge >= 0.3 is 0 Å². The van der Waals surface area contributed by atoms with Crippen molar-refractivity contribution in [3.8, 4) is 28.3 Å². The maximum atomic E-state index is 15.8. The largest absolute Gasteiger partial charge is 0.206 e. The fourth-order valence-corrected chi connectivity index (χ4v) is 8.40. The van der Waals surface area contributed by atoms with Crippen LogP contribution < -0.4 is 0 Å². The predicted octanol–water partition coefficient (Wildman–Crippen LogP) is 7.55. The van der Waals surface area contributed by atoms with Gasteiger partial charge in [0, 0.05) is 14.4 Å². The Balaban J connectivity index is 1.70. The highest BCUT2D eigenvalue weighted by Gasteiger charge is 2.26. The van der Waals surface area contributed by atoms with E-state index in [9.17, 15) is 5.26 Å². The molecule has 3 aromatic rings. The summed E-state index contributed by atoms with van der Waals surface area (Å²) in [5, 5.41) is 9.27. The number of halogens is 1. The number of hydrogen-bond acceptors (Lipinski definition) is 1. The summed E-state index contributed by atoms with van der Waals surface area (Å²) < 4.78 is 15.8. The highest BCUT2D eigenvalue weighted by atomic mass is 28.3. The van der Waals surface area contributed by atoms with E-state index in [2.05, 4.69) is 13.0 Å². The molecule has 1 aliphatic heterocycles. The lowest BCUT2D eigenvalue weighted by molar-refractivity contribution is 0.546. The molecule has 0 bridgehead atoms. The first-order valence-electron chi connectivity index (χ1n) is 11.1. The summed E-state index contributed by atoms with van der Waals surface area (Å²) >= 11 is 0. The minimum atomic E-state index is -0.582. The summed E-state index contributed by atoms with van der Waals surface area (Å²) in [6.45, 7) is 2.28. The van der Waals surface area contributed by atoms with E-state index in [4.69, 9.17) is 0 Å². The van der Waals surface area contributed by atoms with Gasteiger partial charge in [-0.2, -0.15) is 5.26 Å². The smallest absolute Gasteiger partial charge is 0.134 e. The molecule has 30 heavy (non-hydrogen) atoms. The molecule has 0 aliphatic carbocycles. The monoisotopic (exact) mass is 413 g/mol. The van der Waals surface area contributed by atoms with Crippen molar-refractivity contribution in [1.82, 2.24) is 0 Å². The van der Waals surface area contributed by atoms with Gasteiger partial charge in [0.1, 0.15) is 5.82 Å². The Morgan fingerprint density at radius 3 is 2.37 bits per heavy atom. The average molecular weight is 414 g/mol. The lowest BCUT2D eigenvalue weighted by atomic mass is 9.88. The second kappa shape index (κ2) is 9.41. The molecule has 0 spiro atoms. The summed E-state index contributed by atoms with van der Waals surface area (Å²) in [5.41, 5.74) is 4.96. The summed E-state index contributed by atoms with van der Waals surface area (Å²) in [6.07, 6.45) is 3.58. The molecule has 1 fully saturated rings. The van der Waals surface area contributed by atoms with Crippen LogP contribution in [0.15, 0.2) is 66.7 Å². The van der Waals surface area contributed by atoms with Crippen LogP contribution in [0.25, 0.3) is 22.3 Å². The zero-order valence-corrected chi connectivity index (χ0v) is 18.7. The molecular weight excluding hydrogens is 385 g/mol. The van der Waals surface area contributed by atoms with Crippen molar-refractivity contribution in [2.24, 2.45) is 0 Å². The minimum Gasteiger partial charge on any atom is -0.206 e. The second-order valence-corrected chi connectivity index (χ2v) is 11.9. The SMILES string of the molecule is CCC[Si@H]1CC[C@H](c2cccc(-c3ccccc3-c3cccc(C#N)c3)c2F)CC1. The molecule has 1 aliphatic rings. The van der Waals surface area contributed by atoms with Crippen LogP contribution in [0.1, 0.15) is 43.2 Å². The van der Waals surface area contributed by atoms with Crippen LogP contribution in [0.2, 0.25) is 18.1 Å². The Hall–Kier alpha value is -2.70. The Labute approximate surface area is 180 Å². The normalized spacial score (nSPS) is 18.7. The van der Waals surface area contributed by atoms with E-state index in [-0.39, 0.29) is 5.82 Å². The Kier molecular flexibility index (Phi) is 6.45. The third-order valence-electron chi connectivity index (χ3n) is 6.53. The molecule has 152 valence electrons. The lowest BCUT2D eigenvalue weighted by Crippen LogP contribution is -2.20. The molecule has 3 aromatic carbocycles. The van der Waals surface area contributed by atoms with Gasteiger partial charge < -0.3 is 0 Å². The van der Waals surface area contributed by atoms with Crippen molar-refractivity contribution in [3.63, 3.8) is 0 Å². The first-order valence-corrected chi connectivity index (χ1v) is 13.5. The highest BCUT2D eigenvalue weighted by molar-refractivity contribution is 6.59. The molecule has 0 unspecified atom stereocenters. The van der Waals surface area contributed by atoms with Crippen molar-refractivity contribution in [2.75, 3.05) is 0 Å². The first-order chi connectivity index (χ1) is 14.7. The van der Waals surface area contributed by atoms with Crippen LogP contribution in [-0.2, 0) is 0 Å². The van der Waals surface area contributed by atoms with Crippen LogP contribution in [0, 0.1) is 17.1 Å². The van der Waals surface area contributed by atoms with E-state index in [1.54, 1.807) is 6.07 Å². The molecule has 1 saturated heterocycles. The number of benzene rings is 3. The molecule has 0 aromatic heterocycles. The van der Waals surface area contributed by atoms with Crippen LogP contribution >= 0.6 is 0 Å². The van der Waals surface area contributed by atoms with Crippen LogP contribution in [-0.4, -0.2) is 8.80 Å². The fraction of sp³-hybridized carbons (Fsp3) is 0.296. The third-order valence-corrected chi connectivity index (χ3v) is 10.2. The number of rotatable bonds is 5. The van der Waals surface area contributed by atoms with Crippen molar-refractivity contribution in [2.45, 2.75) is 50.2 Å². The van der Waals surface area contributed by atoms with Gasteiger partial charge in [-0.05, 0) is 53.1 Å². The fourth-order valence-electron chi connectivity index (χ4n) is 4.97. The second-order valence-electron chi connectivity index (χ2n) is 8.45. The maximum Gasteiger partial charge on any atom is 0.134 e. The van der Waals surface area contributed by atoms with Gasteiger partial charge in [-0.25, -0.2) is 4.39 Å². The average Bonchev–Trinajstić information content (AvgIpc) is 2.80. The van der Waals surface area contributed by atoms with Gasteiger partial charge in [0.25, 0.3) is 0 Å². The van der Waals surface area contributed by atoms with E-state index in [0.717, 1.165) is 35.1 Å². The molecule has 3 heteroatoms. The third kappa shape index (κ3) is 4.25. The number of hydrogen-bond donors (Lipinski definition) is 0. The summed E-state index contributed by atoms with van der Waals surface area (Å²) in [7, 11) is -0.582. The van der Waals surface area contributed by atoms with Gasteiger partial charge in [-0.15, -0.1) is 0 Å². The van der Waals surface area contributed by atoms with Gasteiger partial charge in [-0.1, -0.05) is 86.1 Å². The van der Waals surface area contributed by atoms with Gasteiger partial charge in [-0.3, -0.25) is 0 Å². The van der Waals surface area contributed by atoms with Crippen molar-refractivity contribution in [3.05, 3.63) is 83.7 Å². The summed E-state index contributed by atoms with van der Waals surface area (Å²) in [5.74, 6) is 0.279. The molecule has 1 heterocycles. The summed E-state index contributed by atoms with van der Waals surface area (Å²) in [6, 6.07) is 27.7. The molecular formula is C27H28FNSi. The lowest BCUT2D eigenvalue weighted by Gasteiger charge is -2.28. The topological polar surface area (TPSA) is 23.8 Å². The molecule has 0 atom stereocenters. The Morgan fingerprint density at radius 2 is 1.63 bits per heavy atom. The van der Waals surface area contributed by atoms with Gasteiger partial charge in [0.15, 0.2) is 0 Å². The minimum absolute atomic E-state index is 0.0676. The molecule has 0 N–H and O–H groups in total. The zero-order valence-electron chi connectivity index (χ0n) is 17.6. The highest BCUT2D eigenvalue weighted by Crippen LogP contribution is 2.40. The molecule has 4 rings (SSSR count). The number of nitriles is 1. The standard InChI is InChI=1S/C27H28FNSi/c1-2-15-30-16-13-21(14-17-30)24-11-6-12-26(27(24)28)25-10-4-3-9-23(25)22-8-5-7-20(18-22)19-29/h3-12,18,21,30H,2,13-17H2,1H3/t21-,30-. The molecule has 0 amide bonds. The van der Waals surface area contributed by atoms with Gasteiger partial charge in [0.05, 0.1) is 11.6 Å². The van der Waals surface area contributed by atoms with Crippen LogP contribution in [0.5, 0.6) is 0 Å². The van der Waals surface area contributed by atoms with Crippen LogP contribution in [0.3, 0.4) is 0 Å². The van der Waals surface area contributed by atoms with Crippen molar-refractivity contribution >= 4 is 8.80 Å². The van der Waals surface area contributed by atoms with E-state index in [1.807, 2.05) is 60.7 Å². The molecule has 0 radical (unpaired) electrons. The maximum absolute atomic E-state index is 15.8. The summed E-state index contributed by atoms with van der Waals surface area (Å²) in [4.78, 5) is 0. The van der Waals surface area contributed by atoms with Crippen molar-refractivity contribution in [1.29, 1.82) is 5.26 Å². The van der Waals surface area contributed by atoms with Gasteiger partial charge in [0.2, 0.25) is 0 Å². The van der Waals surface area contributed by atoms with E-state index in [1.165, 1.54) is 24.6 Å². The molecule has 1 nitrogen and oxygen atoms in total. The Bertz CT molecular complexity index is 1060. The van der Waals surface area contributed by atoms with E-state index in [0.29, 0.717) is 17.0 Å². The van der Waals surface area contributed by atoms with Crippen molar-refractivity contribution < 1.29 is 4.39 Å². The zero-order chi connectivity index (χ0) is 20.9. The molecule has 0 saturated carbocycles. The van der Waals surface area contributed by atoms with E-state index < -0.39 is 8.80 Å². The van der Waals surface area contributed by atoms with E-state index >= 15 is 4.39 Å². The quantitative estimate of drug-likeness (QED) is 0.396.